The van der Waals surface area contributed by atoms with Gasteiger partial charge in [0.2, 0.25) is 0 Å². The predicted molar refractivity (Wildman–Crippen MR) is 86.8 cm³/mol. The van der Waals surface area contributed by atoms with Gasteiger partial charge in [0.1, 0.15) is 5.75 Å². The number of rotatable bonds is 6. The summed E-state index contributed by atoms with van der Waals surface area (Å²) in [5, 5.41) is 0. The third-order valence-electron chi connectivity index (χ3n) is 3.37. The lowest BCUT2D eigenvalue weighted by Gasteiger charge is -2.14. The van der Waals surface area contributed by atoms with Crippen molar-refractivity contribution in [1.29, 1.82) is 0 Å². The molecule has 0 bridgehead atoms. The topological polar surface area (TPSA) is 9.23 Å². The molecule has 0 saturated heterocycles. The number of unbranched alkanes of at least 4 members (excludes halogenated alkanes) is 1. The SMILES string of the molecule is Cc1cc(OCCCCCl)cc(C)c1-c1ccccc1. The molecule has 0 saturated carbocycles. The van der Waals surface area contributed by atoms with E-state index in [-0.39, 0.29) is 0 Å². The van der Waals surface area contributed by atoms with E-state index in [9.17, 15) is 0 Å². The van der Waals surface area contributed by atoms with Gasteiger partial charge in [-0.1, -0.05) is 30.3 Å². The van der Waals surface area contributed by atoms with Crippen LogP contribution in [0.5, 0.6) is 5.75 Å². The highest BCUT2D eigenvalue weighted by Crippen LogP contribution is 2.30. The molecular weight excluding hydrogens is 268 g/mol. The van der Waals surface area contributed by atoms with Crippen molar-refractivity contribution in [2.45, 2.75) is 26.7 Å². The molecule has 2 aromatic rings. The monoisotopic (exact) mass is 288 g/mol. The summed E-state index contributed by atoms with van der Waals surface area (Å²) in [6.07, 6.45) is 2.00. The van der Waals surface area contributed by atoms with Crippen LogP contribution < -0.4 is 4.74 Å². The Balaban J connectivity index is 2.17. The van der Waals surface area contributed by atoms with Gasteiger partial charge in [-0.3, -0.25) is 0 Å². The quantitative estimate of drug-likeness (QED) is 0.513. The summed E-state index contributed by atoms with van der Waals surface area (Å²) in [5.74, 6) is 1.66. The van der Waals surface area contributed by atoms with Crippen LogP contribution in [0.4, 0.5) is 0 Å². The molecule has 0 aliphatic heterocycles. The molecular formula is C18H21ClO. The third-order valence-corrected chi connectivity index (χ3v) is 3.63. The second kappa shape index (κ2) is 7.35. The van der Waals surface area contributed by atoms with E-state index in [4.69, 9.17) is 16.3 Å². The van der Waals surface area contributed by atoms with Crippen molar-refractivity contribution >= 4 is 11.6 Å². The highest BCUT2D eigenvalue weighted by Gasteiger charge is 2.07. The summed E-state index contributed by atoms with van der Waals surface area (Å²) in [6, 6.07) is 14.7. The van der Waals surface area contributed by atoms with Gasteiger partial charge in [-0.15, -0.1) is 11.6 Å². The Hall–Kier alpha value is -1.47. The second-order valence-corrected chi connectivity index (χ2v) is 5.42. The Kier molecular flexibility index (Phi) is 5.49. The number of halogens is 1. The van der Waals surface area contributed by atoms with Gasteiger partial charge in [0.25, 0.3) is 0 Å². The molecule has 2 rings (SSSR count). The lowest BCUT2D eigenvalue weighted by atomic mass is 9.95. The first-order valence-electron chi connectivity index (χ1n) is 7.08. The van der Waals surface area contributed by atoms with Gasteiger partial charge in [0, 0.05) is 5.88 Å². The Morgan fingerprint density at radius 2 is 1.60 bits per heavy atom. The summed E-state index contributed by atoms with van der Waals surface area (Å²) in [6.45, 7) is 5.01. The Bertz CT molecular complexity index is 526. The molecule has 0 N–H and O–H groups in total. The Labute approximate surface area is 126 Å². The van der Waals surface area contributed by atoms with Crippen LogP contribution in [0, 0.1) is 13.8 Å². The van der Waals surface area contributed by atoms with Crippen molar-refractivity contribution in [3.63, 3.8) is 0 Å². The van der Waals surface area contributed by atoms with Gasteiger partial charge >= 0.3 is 0 Å². The fourth-order valence-electron chi connectivity index (χ4n) is 2.45. The fraction of sp³-hybridized carbons (Fsp3) is 0.333. The number of hydrogen-bond donors (Lipinski definition) is 0. The zero-order valence-corrected chi connectivity index (χ0v) is 12.9. The van der Waals surface area contributed by atoms with Crippen molar-refractivity contribution < 1.29 is 4.74 Å². The van der Waals surface area contributed by atoms with E-state index in [1.54, 1.807) is 0 Å². The first-order valence-corrected chi connectivity index (χ1v) is 7.61. The van der Waals surface area contributed by atoms with Crippen LogP contribution in [0.1, 0.15) is 24.0 Å². The highest BCUT2D eigenvalue weighted by atomic mass is 35.5. The molecule has 0 spiro atoms. The van der Waals surface area contributed by atoms with Crippen molar-refractivity contribution in [2.75, 3.05) is 12.5 Å². The average molecular weight is 289 g/mol. The van der Waals surface area contributed by atoms with E-state index in [0.717, 1.165) is 25.2 Å². The standard InChI is InChI=1S/C18H21ClO/c1-14-12-17(20-11-7-6-10-19)13-15(2)18(14)16-8-4-3-5-9-16/h3-5,8-9,12-13H,6-7,10-11H2,1-2H3. The van der Waals surface area contributed by atoms with E-state index in [1.807, 2.05) is 6.07 Å². The number of benzene rings is 2. The van der Waals surface area contributed by atoms with Gasteiger partial charge in [0.15, 0.2) is 0 Å². The minimum Gasteiger partial charge on any atom is -0.494 e. The van der Waals surface area contributed by atoms with Crippen LogP contribution in [0.15, 0.2) is 42.5 Å². The van der Waals surface area contributed by atoms with Crippen LogP contribution in [-0.4, -0.2) is 12.5 Å². The summed E-state index contributed by atoms with van der Waals surface area (Å²) in [7, 11) is 0. The third kappa shape index (κ3) is 3.77. The van der Waals surface area contributed by atoms with Gasteiger partial charge in [-0.2, -0.15) is 0 Å². The molecule has 0 aliphatic rings. The lowest BCUT2D eigenvalue weighted by molar-refractivity contribution is 0.309. The summed E-state index contributed by atoms with van der Waals surface area (Å²) < 4.78 is 5.80. The largest absolute Gasteiger partial charge is 0.494 e. The summed E-state index contributed by atoms with van der Waals surface area (Å²) in [5.41, 5.74) is 5.07. The van der Waals surface area contributed by atoms with Crippen molar-refractivity contribution in [2.24, 2.45) is 0 Å². The van der Waals surface area contributed by atoms with E-state index >= 15 is 0 Å². The predicted octanol–water partition coefficient (Wildman–Crippen LogP) is 5.37. The molecule has 0 amide bonds. The number of ether oxygens (including phenoxy) is 1. The molecule has 0 heterocycles. The van der Waals surface area contributed by atoms with Gasteiger partial charge in [-0.05, 0) is 61.1 Å². The molecule has 0 aliphatic carbocycles. The second-order valence-electron chi connectivity index (χ2n) is 5.04. The summed E-state index contributed by atoms with van der Waals surface area (Å²) in [4.78, 5) is 0. The number of aryl methyl sites for hydroxylation is 2. The maximum absolute atomic E-state index is 5.80. The van der Waals surface area contributed by atoms with E-state index in [0.29, 0.717) is 5.88 Å². The molecule has 2 aromatic carbocycles. The minimum atomic E-state index is 0.703. The molecule has 0 atom stereocenters. The van der Waals surface area contributed by atoms with Crippen molar-refractivity contribution in [1.82, 2.24) is 0 Å². The molecule has 106 valence electrons. The number of hydrogen-bond acceptors (Lipinski definition) is 1. The molecule has 0 unspecified atom stereocenters. The molecule has 0 fully saturated rings. The Morgan fingerprint density at radius 1 is 0.950 bits per heavy atom. The van der Waals surface area contributed by atoms with Crippen molar-refractivity contribution in [3.05, 3.63) is 53.6 Å². The zero-order valence-electron chi connectivity index (χ0n) is 12.2. The summed E-state index contributed by atoms with van der Waals surface area (Å²) >= 11 is 5.67. The van der Waals surface area contributed by atoms with Crippen LogP contribution in [0.3, 0.4) is 0 Å². The molecule has 20 heavy (non-hydrogen) atoms. The molecule has 0 aromatic heterocycles. The smallest absolute Gasteiger partial charge is 0.119 e. The van der Waals surface area contributed by atoms with Crippen LogP contribution in [-0.2, 0) is 0 Å². The normalized spacial score (nSPS) is 10.6. The fourth-order valence-corrected chi connectivity index (χ4v) is 2.64. The number of alkyl halides is 1. The van der Waals surface area contributed by atoms with Crippen molar-refractivity contribution in [3.8, 4) is 16.9 Å². The Morgan fingerprint density at radius 3 is 2.20 bits per heavy atom. The van der Waals surface area contributed by atoms with Crippen LogP contribution >= 0.6 is 11.6 Å². The van der Waals surface area contributed by atoms with Gasteiger partial charge in [0.05, 0.1) is 6.61 Å². The lowest BCUT2D eigenvalue weighted by Crippen LogP contribution is -1.99. The first-order chi connectivity index (χ1) is 9.72. The van der Waals surface area contributed by atoms with Gasteiger partial charge < -0.3 is 4.74 Å². The maximum Gasteiger partial charge on any atom is 0.119 e. The molecule has 1 nitrogen and oxygen atoms in total. The van der Waals surface area contributed by atoms with Gasteiger partial charge in [-0.25, -0.2) is 0 Å². The highest BCUT2D eigenvalue weighted by molar-refractivity contribution is 6.17. The van der Waals surface area contributed by atoms with Crippen LogP contribution in [0.25, 0.3) is 11.1 Å². The van der Waals surface area contributed by atoms with E-state index in [1.165, 1.54) is 22.3 Å². The molecule has 0 radical (unpaired) electrons. The first kappa shape index (κ1) is 14.9. The minimum absolute atomic E-state index is 0.703. The van der Waals surface area contributed by atoms with E-state index < -0.39 is 0 Å². The average Bonchev–Trinajstić information content (AvgIpc) is 2.44. The zero-order chi connectivity index (χ0) is 14.4. The molecule has 2 heteroatoms. The maximum atomic E-state index is 5.80. The van der Waals surface area contributed by atoms with Crippen LogP contribution in [0.2, 0.25) is 0 Å². The van der Waals surface area contributed by atoms with E-state index in [2.05, 4.69) is 50.2 Å².